The number of benzene rings is 2. The Morgan fingerprint density at radius 3 is 2.29 bits per heavy atom. The summed E-state index contributed by atoms with van der Waals surface area (Å²) in [4.78, 5) is 46.5. The summed E-state index contributed by atoms with van der Waals surface area (Å²) >= 11 is 1.11. The Kier molecular flexibility index (Phi) is 6.87. The maximum Gasteiger partial charge on any atom is 0.341 e. The molecule has 35 heavy (non-hydrogen) atoms. The van der Waals surface area contributed by atoms with E-state index in [1.54, 1.807) is 12.3 Å². The first-order chi connectivity index (χ1) is 16.8. The Labute approximate surface area is 203 Å². The molecule has 0 bridgehead atoms. The Morgan fingerprint density at radius 2 is 1.66 bits per heavy atom. The third-order valence-electron chi connectivity index (χ3n) is 5.74. The molecule has 0 unspecified atom stereocenters. The van der Waals surface area contributed by atoms with Crippen LogP contribution >= 0.6 is 11.3 Å². The van der Waals surface area contributed by atoms with Gasteiger partial charge in [-0.15, -0.1) is 11.3 Å². The van der Waals surface area contributed by atoms with Crippen LogP contribution in [0.4, 0.5) is 16.4 Å². The van der Waals surface area contributed by atoms with E-state index in [2.05, 4.69) is 17.4 Å². The molecule has 0 saturated carbocycles. The second-order valence-electron chi connectivity index (χ2n) is 7.97. The average Bonchev–Trinajstić information content (AvgIpc) is 3.27. The summed E-state index contributed by atoms with van der Waals surface area (Å²) in [5.41, 5.74) is 2.65. The van der Waals surface area contributed by atoms with Gasteiger partial charge in [-0.3, -0.25) is 25.0 Å². The van der Waals surface area contributed by atoms with Gasteiger partial charge in [0.1, 0.15) is 10.6 Å². The van der Waals surface area contributed by atoms with Crippen LogP contribution in [0, 0.1) is 20.2 Å². The van der Waals surface area contributed by atoms with Crippen LogP contribution in [0.3, 0.4) is 0 Å². The van der Waals surface area contributed by atoms with Crippen LogP contribution in [0.1, 0.15) is 51.6 Å². The number of rotatable bonds is 7. The van der Waals surface area contributed by atoms with Crippen molar-refractivity contribution in [3.63, 3.8) is 0 Å². The van der Waals surface area contributed by atoms with Crippen LogP contribution in [-0.2, 0) is 17.6 Å². The van der Waals surface area contributed by atoms with E-state index in [0.29, 0.717) is 5.56 Å². The van der Waals surface area contributed by atoms with Gasteiger partial charge in [-0.2, -0.15) is 0 Å². The number of nitrogens with one attached hydrogen (secondary N) is 1. The fraction of sp³-hybridized carbons (Fsp3) is 0.250. The van der Waals surface area contributed by atoms with E-state index in [4.69, 9.17) is 4.74 Å². The topological polar surface area (TPSA) is 142 Å². The highest BCUT2D eigenvalue weighted by molar-refractivity contribution is 7.15. The molecule has 0 saturated heterocycles. The molecule has 0 radical (unpaired) electrons. The molecule has 4 rings (SSSR count). The van der Waals surface area contributed by atoms with Crippen LogP contribution in [-0.4, -0.2) is 28.3 Å². The van der Waals surface area contributed by atoms with Crippen molar-refractivity contribution in [2.45, 2.75) is 32.6 Å². The SMILES string of the molecule is CCOC(=O)c1c(-c2ccc3c(c2)CCCC3)csc1NC(=O)c1cc([N+](=O)[O-])cc([N+](=O)[O-])c1. The number of non-ortho nitro benzene ring substituents is 2. The summed E-state index contributed by atoms with van der Waals surface area (Å²) in [6.07, 6.45) is 4.21. The van der Waals surface area contributed by atoms with Crippen molar-refractivity contribution in [3.05, 3.63) is 84.3 Å². The first kappa shape index (κ1) is 24.0. The molecule has 2 aromatic carbocycles. The van der Waals surface area contributed by atoms with Crippen molar-refractivity contribution in [2.24, 2.45) is 0 Å². The Balaban J connectivity index is 1.72. The maximum absolute atomic E-state index is 12.9. The van der Waals surface area contributed by atoms with Crippen LogP contribution in [0.25, 0.3) is 11.1 Å². The number of esters is 1. The number of hydrogen-bond acceptors (Lipinski definition) is 8. The number of aryl methyl sites for hydroxylation is 2. The maximum atomic E-state index is 12.9. The predicted octanol–water partition coefficient (Wildman–Crippen LogP) is 5.54. The number of carbonyl (C=O) groups is 2. The Bertz CT molecular complexity index is 1320. The number of anilines is 1. The molecule has 1 amide bonds. The predicted molar refractivity (Wildman–Crippen MR) is 130 cm³/mol. The number of ether oxygens (including phenoxy) is 1. The fourth-order valence-corrected chi connectivity index (χ4v) is 5.03. The first-order valence-corrected chi connectivity index (χ1v) is 11.8. The van der Waals surface area contributed by atoms with Gasteiger partial charge in [0, 0.05) is 23.1 Å². The minimum Gasteiger partial charge on any atom is -0.462 e. The van der Waals surface area contributed by atoms with Gasteiger partial charge in [0.15, 0.2) is 0 Å². The number of thiophene rings is 1. The van der Waals surface area contributed by atoms with Gasteiger partial charge in [0.05, 0.1) is 28.1 Å². The lowest BCUT2D eigenvalue weighted by Crippen LogP contribution is -2.15. The normalized spacial score (nSPS) is 12.5. The molecule has 0 spiro atoms. The van der Waals surface area contributed by atoms with Crippen LogP contribution in [0.5, 0.6) is 0 Å². The zero-order chi connectivity index (χ0) is 25.1. The average molecular weight is 496 g/mol. The molecule has 3 aromatic rings. The molecule has 0 fully saturated rings. The summed E-state index contributed by atoms with van der Waals surface area (Å²) in [7, 11) is 0. The number of nitrogens with zero attached hydrogens (tertiary/aromatic N) is 2. The molecule has 1 aliphatic carbocycles. The van der Waals surface area contributed by atoms with Crippen molar-refractivity contribution < 1.29 is 24.2 Å². The van der Waals surface area contributed by atoms with Crippen molar-refractivity contribution in [3.8, 4) is 11.1 Å². The minimum absolute atomic E-state index is 0.128. The number of nitro groups is 2. The monoisotopic (exact) mass is 495 g/mol. The lowest BCUT2D eigenvalue weighted by Gasteiger charge is -2.17. The molecule has 0 atom stereocenters. The van der Waals surface area contributed by atoms with Gasteiger partial charge < -0.3 is 10.1 Å². The number of nitro benzene ring substituents is 2. The highest BCUT2D eigenvalue weighted by atomic mass is 32.1. The van der Waals surface area contributed by atoms with Gasteiger partial charge in [0.25, 0.3) is 17.3 Å². The summed E-state index contributed by atoms with van der Waals surface area (Å²) in [5, 5.41) is 26.9. The fourth-order valence-electron chi connectivity index (χ4n) is 4.08. The van der Waals surface area contributed by atoms with Gasteiger partial charge in [-0.1, -0.05) is 18.2 Å². The lowest BCUT2D eigenvalue weighted by molar-refractivity contribution is -0.394. The lowest BCUT2D eigenvalue weighted by atomic mass is 9.89. The van der Waals surface area contributed by atoms with Crippen molar-refractivity contribution in [1.82, 2.24) is 0 Å². The first-order valence-electron chi connectivity index (χ1n) is 10.9. The van der Waals surface area contributed by atoms with Crippen LogP contribution in [0.2, 0.25) is 0 Å². The number of amides is 1. The van der Waals surface area contributed by atoms with Crippen LogP contribution < -0.4 is 5.32 Å². The molecule has 1 aromatic heterocycles. The quantitative estimate of drug-likeness (QED) is 0.258. The van der Waals surface area contributed by atoms with E-state index in [1.807, 2.05) is 6.07 Å². The molecule has 1 aliphatic rings. The van der Waals surface area contributed by atoms with Crippen molar-refractivity contribution in [1.29, 1.82) is 0 Å². The second kappa shape index (κ2) is 10.0. The molecular formula is C24H21N3O7S. The van der Waals surface area contributed by atoms with Crippen LogP contribution in [0.15, 0.2) is 41.8 Å². The van der Waals surface area contributed by atoms with E-state index < -0.39 is 33.1 Å². The summed E-state index contributed by atoms with van der Waals surface area (Å²) in [6, 6.07) is 8.71. The van der Waals surface area contributed by atoms with E-state index in [0.717, 1.165) is 60.8 Å². The van der Waals surface area contributed by atoms with Gasteiger partial charge >= 0.3 is 5.97 Å². The molecule has 10 nitrogen and oxygen atoms in total. The molecule has 1 heterocycles. The van der Waals surface area contributed by atoms with E-state index >= 15 is 0 Å². The summed E-state index contributed by atoms with van der Waals surface area (Å²) in [6.45, 7) is 1.80. The second-order valence-corrected chi connectivity index (χ2v) is 8.85. The third kappa shape index (κ3) is 5.04. The van der Waals surface area contributed by atoms with E-state index in [9.17, 15) is 29.8 Å². The molecule has 1 N–H and O–H groups in total. The molecule has 180 valence electrons. The van der Waals surface area contributed by atoms with Gasteiger partial charge in [-0.25, -0.2) is 4.79 Å². The zero-order valence-electron chi connectivity index (χ0n) is 18.7. The largest absolute Gasteiger partial charge is 0.462 e. The molecular weight excluding hydrogens is 474 g/mol. The minimum atomic E-state index is -0.818. The van der Waals surface area contributed by atoms with Gasteiger partial charge in [-0.05, 0) is 49.3 Å². The van der Waals surface area contributed by atoms with Crippen molar-refractivity contribution in [2.75, 3.05) is 11.9 Å². The molecule has 0 aliphatic heterocycles. The smallest absolute Gasteiger partial charge is 0.341 e. The van der Waals surface area contributed by atoms with Crippen molar-refractivity contribution >= 4 is 39.6 Å². The summed E-state index contributed by atoms with van der Waals surface area (Å²) < 4.78 is 5.23. The zero-order valence-corrected chi connectivity index (χ0v) is 19.6. The number of carbonyl (C=O) groups excluding carboxylic acids is 2. The standard InChI is InChI=1S/C24H21N3O7S/c1-2-34-24(29)21-20(16-8-7-14-5-3-4-6-15(14)9-16)13-35-23(21)25-22(28)17-10-18(26(30)31)12-19(11-17)27(32)33/h7-13H,2-6H2,1H3,(H,25,28). The van der Waals surface area contributed by atoms with Gasteiger partial charge in [0.2, 0.25) is 0 Å². The highest BCUT2D eigenvalue weighted by Crippen LogP contribution is 2.38. The molecule has 11 heteroatoms. The third-order valence-corrected chi connectivity index (χ3v) is 6.64. The number of fused-ring (bicyclic) bond motifs is 1. The Hall–Kier alpha value is -4.12. The summed E-state index contributed by atoms with van der Waals surface area (Å²) in [5.74, 6) is -1.44. The van der Waals surface area contributed by atoms with E-state index in [1.165, 1.54) is 11.1 Å². The number of hydrogen-bond donors (Lipinski definition) is 1. The Morgan fingerprint density at radius 1 is 1.00 bits per heavy atom. The van der Waals surface area contributed by atoms with E-state index in [-0.39, 0.29) is 22.7 Å². The highest BCUT2D eigenvalue weighted by Gasteiger charge is 2.26.